The number of para-hydroxylation sites is 1. The van der Waals surface area contributed by atoms with Gasteiger partial charge in [0, 0.05) is 16.8 Å². The molecule has 3 N–H and O–H groups in total. The molecule has 0 saturated carbocycles. The quantitative estimate of drug-likeness (QED) is 0.385. The Morgan fingerprint density at radius 2 is 1.95 bits per heavy atom. The zero-order valence-electron chi connectivity index (χ0n) is 12.4. The second kappa shape index (κ2) is 6.58. The van der Waals surface area contributed by atoms with Gasteiger partial charge in [-0.05, 0) is 56.8 Å². The van der Waals surface area contributed by atoms with E-state index in [9.17, 15) is 0 Å². The highest BCUT2D eigenvalue weighted by Gasteiger charge is 2.13. The maximum absolute atomic E-state index is 5.99. The molecule has 0 spiro atoms. The van der Waals surface area contributed by atoms with Gasteiger partial charge >= 0.3 is 0 Å². The van der Waals surface area contributed by atoms with Crippen molar-refractivity contribution in [3.05, 3.63) is 42.6 Å². The van der Waals surface area contributed by atoms with Crippen LogP contribution in [0, 0.1) is 0 Å². The van der Waals surface area contributed by atoms with Crippen molar-refractivity contribution in [1.29, 1.82) is 0 Å². The van der Waals surface area contributed by atoms with Crippen LogP contribution in [0.5, 0.6) is 0 Å². The monoisotopic (exact) mass is 301 g/mol. The van der Waals surface area contributed by atoms with Crippen molar-refractivity contribution < 1.29 is 0 Å². The van der Waals surface area contributed by atoms with Crippen LogP contribution in [0.25, 0.3) is 0 Å². The minimum Gasteiger partial charge on any atom is -0.398 e. The largest absolute Gasteiger partial charge is 0.398 e. The normalized spacial score (nSPS) is 12.2. The van der Waals surface area contributed by atoms with Crippen LogP contribution in [0.1, 0.15) is 20.8 Å². The maximum Gasteiger partial charge on any atom is 0.167 e. The molecule has 0 aliphatic rings. The average molecular weight is 301 g/mol. The lowest BCUT2D eigenvalue weighted by Gasteiger charge is -2.17. The number of nitrogens with two attached hydrogens (primary N) is 1. The summed E-state index contributed by atoms with van der Waals surface area (Å²) in [5.41, 5.74) is 6.51. The third kappa shape index (κ3) is 5.07. The second-order valence-corrected chi connectivity index (χ2v) is 6.49. The molecular weight excluding hydrogens is 282 g/mol. The molecule has 2 aromatic rings. The molecule has 21 heavy (non-hydrogen) atoms. The number of nitrogen functional groups attached to an aromatic ring is 1. The fraction of sp³-hybridized carbons (Fsp3) is 0.267. The van der Waals surface area contributed by atoms with E-state index in [0.717, 1.165) is 15.8 Å². The van der Waals surface area contributed by atoms with Gasteiger partial charge in [-0.25, -0.2) is 0 Å². The lowest BCUT2D eigenvalue weighted by molar-refractivity contribution is 0.585. The number of amidine groups is 1. The van der Waals surface area contributed by atoms with E-state index in [1.807, 2.05) is 57.2 Å². The Balaban J connectivity index is 2.25. The Labute approximate surface area is 129 Å². The first kappa shape index (κ1) is 15.3. The summed E-state index contributed by atoms with van der Waals surface area (Å²) in [6.45, 7) is 6.13. The number of nitrogens with one attached hydrogen (secondary N) is 1. The molecule has 110 valence electrons. The predicted octanol–water partition coefficient (Wildman–Crippen LogP) is 3.42. The minimum atomic E-state index is -0.207. The topological polar surface area (TPSA) is 76.2 Å². The smallest absolute Gasteiger partial charge is 0.167 e. The molecule has 0 amide bonds. The Bertz CT molecular complexity index is 619. The van der Waals surface area contributed by atoms with Gasteiger partial charge in [0.25, 0.3) is 0 Å². The van der Waals surface area contributed by atoms with Crippen LogP contribution in [0.3, 0.4) is 0 Å². The summed E-state index contributed by atoms with van der Waals surface area (Å²) in [5, 5.41) is 11.8. The summed E-state index contributed by atoms with van der Waals surface area (Å²) in [7, 11) is 0. The molecule has 0 atom stereocenters. The SMILES string of the molecule is CC(C)(C)N=C(Nc1cccnn1)Sc1ccccc1N. The molecule has 2 rings (SSSR count). The summed E-state index contributed by atoms with van der Waals surface area (Å²) < 4.78 is 0. The van der Waals surface area contributed by atoms with Crippen molar-refractivity contribution in [3.63, 3.8) is 0 Å². The number of anilines is 2. The van der Waals surface area contributed by atoms with Gasteiger partial charge in [-0.2, -0.15) is 5.10 Å². The molecule has 1 heterocycles. The number of benzene rings is 1. The van der Waals surface area contributed by atoms with E-state index >= 15 is 0 Å². The van der Waals surface area contributed by atoms with Crippen molar-refractivity contribution in [2.75, 3.05) is 11.1 Å². The fourth-order valence-electron chi connectivity index (χ4n) is 1.54. The van der Waals surface area contributed by atoms with Crippen LogP contribution in [0.2, 0.25) is 0 Å². The minimum absolute atomic E-state index is 0.207. The second-order valence-electron chi connectivity index (χ2n) is 5.46. The maximum atomic E-state index is 5.99. The van der Waals surface area contributed by atoms with Gasteiger partial charge in [0.2, 0.25) is 0 Å². The van der Waals surface area contributed by atoms with E-state index < -0.39 is 0 Å². The molecule has 6 heteroatoms. The van der Waals surface area contributed by atoms with Crippen LogP contribution in [0.15, 0.2) is 52.5 Å². The summed E-state index contributed by atoms with van der Waals surface area (Å²) in [6, 6.07) is 11.4. The van der Waals surface area contributed by atoms with Crippen molar-refractivity contribution in [3.8, 4) is 0 Å². The Hall–Kier alpha value is -2.08. The van der Waals surface area contributed by atoms with Gasteiger partial charge in [-0.3, -0.25) is 4.99 Å². The zero-order chi connectivity index (χ0) is 15.3. The van der Waals surface area contributed by atoms with E-state index in [0.29, 0.717) is 5.82 Å². The predicted molar refractivity (Wildman–Crippen MR) is 89.6 cm³/mol. The first-order chi connectivity index (χ1) is 9.94. The van der Waals surface area contributed by atoms with Crippen LogP contribution in [-0.4, -0.2) is 20.9 Å². The molecule has 0 saturated heterocycles. The molecule has 1 aromatic carbocycles. The summed E-state index contributed by atoms with van der Waals surface area (Å²) in [5.74, 6) is 0.655. The molecular formula is C15H19N5S. The number of aromatic nitrogens is 2. The number of hydrogen-bond donors (Lipinski definition) is 2. The molecule has 0 bridgehead atoms. The van der Waals surface area contributed by atoms with Crippen LogP contribution < -0.4 is 11.1 Å². The van der Waals surface area contributed by atoms with E-state index in [2.05, 4.69) is 20.5 Å². The van der Waals surface area contributed by atoms with E-state index in [1.54, 1.807) is 6.20 Å². The van der Waals surface area contributed by atoms with Crippen molar-refractivity contribution >= 4 is 28.4 Å². The fourth-order valence-corrected chi connectivity index (χ4v) is 2.55. The standard InChI is InChI=1S/C15H19N5S/c1-15(2,3)19-14(18-13-9-6-10-17-20-13)21-12-8-5-4-7-11(12)16/h4-10H,16H2,1-3H3,(H,18,19,20). The average Bonchev–Trinajstić information content (AvgIpc) is 2.41. The summed E-state index contributed by atoms with van der Waals surface area (Å²) in [6.07, 6.45) is 1.63. The van der Waals surface area contributed by atoms with Gasteiger partial charge in [-0.1, -0.05) is 12.1 Å². The first-order valence-electron chi connectivity index (χ1n) is 6.61. The highest BCUT2D eigenvalue weighted by atomic mass is 32.2. The lowest BCUT2D eigenvalue weighted by atomic mass is 10.1. The third-order valence-corrected chi connectivity index (χ3v) is 3.35. The van der Waals surface area contributed by atoms with Gasteiger partial charge in [0.05, 0.1) is 5.54 Å². The molecule has 0 fully saturated rings. The van der Waals surface area contributed by atoms with Gasteiger partial charge < -0.3 is 11.1 Å². The first-order valence-corrected chi connectivity index (χ1v) is 7.43. The lowest BCUT2D eigenvalue weighted by Crippen LogP contribution is -2.18. The molecule has 5 nitrogen and oxygen atoms in total. The van der Waals surface area contributed by atoms with Crippen LogP contribution in [0.4, 0.5) is 11.5 Å². The van der Waals surface area contributed by atoms with Crippen LogP contribution in [-0.2, 0) is 0 Å². The molecule has 0 radical (unpaired) electrons. The van der Waals surface area contributed by atoms with Crippen LogP contribution >= 0.6 is 11.8 Å². The number of nitrogens with zero attached hydrogens (tertiary/aromatic N) is 3. The Morgan fingerprint density at radius 1 is 1.19 bits per heavy atom. The number of hydrogen-bond acceptors (Lipinski definition) is 5. The van der Waals surface area contributed by atoms with E-state index in [4.69, 9.17) is 5.73 Å². The van der Waals surface area contributed by atoms with E-state index in [-0.39, 0.29) is 5.54 Å². The molecule has 0 unspecified atom stereocenters. The Morgan fingerprint density at radius 3 is 2.57 bits per heavy atom. The third-order valence-electron chi connectivity index (χ3n) is 2.37. The zero-order valence-corrected chi connectivity index (χ0v) is 13.2. The summed E-state index contributed by atoms with van der Waals surface area (Å²) >= 11 is 1.48. The number of thioether (sulfide) groups is 1. The molecule has 0 aliphatic heterocycles. The van der Waals surface area contributed by atoms with Crippen molar-refractivity contribution in [2.45, 2.75) is 31.2 Å². The van der Waals surface area contributed by atoms with Crippen molar-refractivity contribution in [2.24, 2.45) is 4.99 Å². The highest BCUT2D eigenvalue weighted by Crippen LogP contribution is 2.27. The molecule has 0 aliphatic carbocycles. The number of rotatable bonds is 2. The summed E-state index contributed by atoms with van der Waals surface area (Å²) in [4.78, 5) is 5.64. The van der Waals surface area contributed by atoms with Gasteiger partial charge in [-0.15, -0.1) is 5.10 Å². The van der Waals surface area contributed by atoms with Gasteiger partial charge in [0.1, 0.15) is 0 Å². The Kier molecular flexibility index (Phi) is 4.80. The van der Waals surface area contributed by atoms with Gasteiger partial charge in [0.15, 0.2) is 11.0 Å². The molecule has 1 aromatic heterocycles. The number of aliphatic imine (C=N–C) groups is 1. The van der Waals surface area contributed by atoms with Crippen molar-refractivity contribution in [1.82, 2.24) is 10.2 Å². The van der Waals surface area contributed by atoms with E-state index in [1.165, 1.54) is 11.8 Å². The highest BCUT2D eigenvalue weighted by molar-refractivity contribution is 8.14.